The lowest BCUT2D eigenvalue weighted by Crippen LogP contribution is -2.25. The number of para-hydroxylation sites is 1. The molecule has 5 nitrogen and oxygen atoms in total. The second-order valence-electron chi connectivity index (χ2n) is 6.23. The van der Waals surface area contributed by atoms with E-state index in [1.807, 2.05) is 35.8 Å². The van der Waals surface area contributed by atoms with E-state index in [9.17, 15) is 0 Å². The number of hydrogen-bond acceptors (Lipinski definition) is 4. The Morgan fingerprint density at radius 2 is 1.88 bits per heavy atom. The van der Waals surface area contributed by atoms with Crippen LogP contribution >= 0.6 is 11.3 Å². The minimum Gasteiger partial charge on any atom is -0.325 e. The molecule has 25 heavy (non-hydrogen) atoms. The predicted octanol–water partition coefficient (Wildman–Crippen LogP) is 4.90. The van der Waals surface area contributed by atoms with Crippen molar-refractivity contribution in [1.29, 1.82) is 0 Å². The van der Waals surface area contributed by atoms with Gasteiger partial charge >= 0.3 is 0 Å². The highest BCUT2D eigenvalue weighted by Crippen LogP contribution is 2.24. The lowest BCUT2D eigenvalue weighted by molar-refractivity contribution is 0.443. The van der Waals surface area contributed by atoms with Gasteiger partial charge in [0, 0.05) is 23.2 Å². The summed E-state index contributed by atoms with van der Waals surface area (Å²) in [5, 5.41) is 10.7. The molecule has 4 rings (SSSR count). The fourth-order valence-electron chi connectivity index (χ4n) is 3.21. The Bertz CT molecular complexity index is 848. The summed E-state index contributed by atoms with van der Waals surface area (Å²) in [6, 6.07) is 10.5. The van der Waals surface area contributed by atoms with E-state index in [0.717, 1.165) is 40.5 Å². The summed E-state index contributed by atoms with van der Waals surface area (Å²) >= 11 is 1.57. The lowest BCUT2D eigenvalue weighted by Gasteiger charge is -2.20. The molecular weight excluding hydrogens is 330 g/mol. The summed E-state index contributed by atoms with van der Waals surface area (Å²) in [5.41, 5.74) is 1.97. The molecular formula is C19H21N5S. The second kappa shape index (κ2) is 7.61. The van der Waals surface area contributed by atoms with Gasteiger partial charge in [0.05, 0.1) is 17.2 Å². The average Bonchev–Trinajstić information content (AvgIpc) is 3.16. The van der Waals surface area contributed by atoms with Gasteiger partial charge in [-0.3, -0.25) is 4.98 Å². The Morgan fingerprint density at radius 3 is 2.72 bits per heavy atom. The van der Waals surface area contributed by atoms with Crippen LogP contribution < -0.4 is 10.6 Å². The van der Waals surface area contributed by atoms with Gasteiger partial charge in [-0.05, 0) is 25.0 Å². The van der Waals surface area contributed by atoms with Crippen LogP contribution in [0.1, 0.15) is 32.1 Å². The predicted molar refractivity (Wildman–Crippen MR) is 105 cm³/mol. The maximum Gasteiger partial charge on any atom is 0.202 e. The molecule has 2 heterocycles. The Hall–Kier alpha value is -2.47. The minimum absolute atomic E-state index is 0.372. The molecule has 0 atom stereocenters. The molecule has 0 radical (unpaired) electrons. The van der Waals surface area contributed by atoms with Crippen LogP contribution in [-0.4, -0.2) is 22.0 Å². The van der Waals surface area contributed by atoms with Crippen molar-refractivity contribution < 1.29 is 0 Å². The quantitative estimate of drug-likeness (QED) is 0.520. The van der Waals surface area contributed by atoms with E-state index in [1.165, 1.54) is 19.3 Å². The van der Waals surface area contributed by atoms with Crippen LogP contribution in [0.15, 0.2) is 53.1 Å². The van der Waals surface area contributed by atoms with Crippen LogP contribution in [0.2, 0.25) is 0 Å². The number of nitrogens with zero attached hydrogens (tertiary/aromatic N) is 3. The van der Waals surface area contributed by atoms with Gasteiger partial charge < -0.3 is 10.6 Å². The minimum atomic E-state index is 0.372. The molecule has 1 fully saturated rings. The molecule has 0 saturated heterocycles. The van der Waals surface area contributed by atoms with Crippen molar-refractivity contribution in [3.05, 3.63) is 48.1 Å². The third-order valence-corrected chi connectivity index (χ3v) is 5.13. The number of anilines is 2. The molecule has 2 N–H and O–H groups in total. The highest BCUT2D eigenvalue weighted by atomic mass is 32.1. The average molecular weight is 351 g/mol. The van der Waals surface area contributed by atoms with Crippen LogP contribution in [-0.2, 0) is 0 Å². The molecule has 0 unspecified atom stereocenters. The number of aliphatic imine (C=N–C) groups is 1. The topological polar surface area (TPSA) is 62.2 Å². The van der Waals surface area contributed by atoms with Crippen LogP contribution in [0, 0.1) is 0 Å². The van der Waals surface area contributed by atoms with E-state index in [0.29, 0.717) is 6.04 Å². The van der Waals surface area contributed by atoms with E-state index < -0.39 is 0 Å². The Morgan fingerprint density at radius 1 is 1.00 bits per heavy atom. The van der Waals surface area contributed by atoms with Gasteiger partial charge in [-0.25, -0.2) is 9.98 Å². The van der Waals surface area contributed by atoms with Gasteiger partial charge in [0.1, 0.15) is 0 Å². The third-order valence-electron chi connectivity index (χ3n) is 4.45. The smallest absolute Gasteiger partial charge is 0.202 e. The molecule has 2 aromatic heterocycles. The molecule has 6 heteroatoms. The maximum absolute atomic E-state index is 4.95. The number of aromatic nitrogens is 2. The molecule has 1 aliphatic rings. The summed E-state index contributed by atoms with van der Waals surface area (Å²) in [4.78, 5) is 13.7. The number of hydrogen-bond donors (Lipinski definition) is 2. The van der Waals surface area contributed by atoms with Crippen molar-refractivity contribution in [3.8, 4) is 0 Å². The standard InChI is InChI=1S/C19H21N5S/c1-2-6-14(7-3-1)22-18(24-19-21-12-13-25-19)23-17-10-11-20-16-9-5-4-8-15(16)17/h4-5,8-14H,1-3,6-7H2,(H2,20,21,22,23,24). The highest BCUT2D eigenvalue weighted by Gasteiger charge is 2.14. The Kier molecular flexibility index (Phi) is 4.88. The van der Waals surface area contributed by atoms with E-state index in [4.69, 9.17) is 4.99 Å². The number of pyridine rings is 1. The summed E-state index contributed by atoms with van der Waals surface area (Å²) in [7, 11) is 0. The summed E-state index contributed by atoms with van der Waals surface area (Å²) in [6.45, 7) is 0. The number of rotatable bonds is 3. The van der Waals surface area contributed by atoms with Crippen molar-refractivity contribution in [2.75, 3.05) is 10.6 Å². The number of nitrogens with one attached hydrogen (secondary N) is 2. The molecule has 0 aliphatic heterocycles. The van der Waals surface area contributed by atoms with Crippen LogP contribution in [0.25, 0.3) is 10.9 Å². The second-order valence-corrected chi connectivity index (χ2v) is 7.13. The van der Waals surface area contributed by atoms with Gasteiger partial charge in [-0.2, -0.15) is 0 Å². The van der Waals surface area contributed by atoms with Crippen molar-refractivity contribution in [2.45, 2.75) is 38.1 Å². The molecule has 0 spiro atoms. The highest BCUT2D eigenvalue weighted by molar-refractivity contribution is 7.13. The molecule has 0 amide bonds. The summed E-state index contributed by atoms with van der Waals surface area (Å²) in [6.07, 6.45) is 9.78. The Balaban J connectivity index is 1.63. The summed E-state index contributed by atoms with van der Waals surface area (Å²) in [5.74, 6) is 0.762. The zero-order valence-corrected chi connectivity index (χ0v) is 14.8. The van der Waals surface area contributed by atoms with Gasteiger partial charge in [0.25, 0.3) is 0 Å². The van der Waals surface area contributed by atoms with Crippen molar-refractivity contribution in [3.63, 3.8) is 0 Å². The molecule has 128 valence electrons. The number of thiazole rings is 1. The number of benzene rings is 1. The van der Waals surface area contributed by atoms with Gasteiger partial charge in [-0.1, -0.05) is 37.5 Å². The van der Waals surface area contributed by atoms with E-state index in [-0.39, 0.29) is 0 Å². The first kappa shape index (κ1) is 16.0. The molecule has 1 aromatic carbocycles. The number of fused-ring (bicyclic) bond motifs is 1. The SMILES string of the molecule is c1ccc2c(NC(=NC3CCCCC3)Nc3nccs3)ccnc2c1. The molecule has 3 aromatic rings. The molecule has 1 aliphatic carbocycles. The van der Waals surface area contributed by atoms with Crippen molar-refractivity contribution in [2.24, 2.45) is 4.99 Å². The van der Waals surface area contributed by atoms with Crippen molar-refractivity contribution >= 4 is 39.0 Å². The number of guanidine groups is 1. The van der Waals surface area contributed by atoms with E-state index in [1.54, 1.807) is 17.5 Å². The van der Waals surface area contributed by atoms with E-state index in [2.05, 4.69) is 26.7 Å². The fraction of sp³-hybridized carbons (Fsp3) is 0.316. The summed E-state index contributed by atoms with van der Waals surface area (Å²) < 4.78 is 0. The zero-order chi connectivity index (χ0) is 16.9. The van der Waals surface area contributed by atoms with Crippen molar-refractivity contribution in [1.82, 2.24) is 9.97 Å². The van der Waals surface area contributed by atoms with Crippen LogP contribution in [0.5, 0.6) is 0 Å². The van der Waals surface area contributed by atoms with Gasteiger partial charge in [-0.15, -0.1) is 11.3 Å². The Labute approximate surface area is 151 Å². The molecule has 0 bridgehead atoms. The van der Waals surface area contributed by atoms with Crippen LogP contribution in [0.3, 0.4) is 0 Å². The molecule has 1 saturated carbocycles. The maximum atomic E-state index is 4.95. The lowest BCUT2D eigenvalue weighted by atomic mass is 9.96. The first-order chi connectivity index (χ1) is 12.4. The first-order valence-electron chi connectivity index (χ1n) is 8.73. The van der Waals surface area contributed by atoms with Gasteiger partial charge in [0.2, 0.25) is 5.96 Å². The fourth-order valence-corrected chi connectivity index (χ4v) is 3.74. The first-order valence-corrected chi connectivity index (χ1v) is 9.61. The largest absolute Gasteiger partial charge is 0.325 e. The van der Waals surface area contributed by atoms with Gasteiger partial charge in [0.15, 0.2) is 5.13 Å². The zero-order valence-electron chi connectivity index (χ0n) is 14.0. The van der Waals surface area contributed by atoms with Crippen LogP contribution in [0.4, 0.5) is 10.8 Å². The normalized spacial score (nSPS) is 16.1. The van der Waals surface area contributed by atoms with E-state index >= 15 is 0 Å². The third kappa shape index (κ3) is 3.96. The monoisotopic (exact) mass is 351 g/mol.